The molecule has 1 atom stereocenters. The zero-order valence-electron chi connectivity index (χ0n) is 10.4. The Balaban J connectivity index is 1.74. The van der Waals surface area contributed by atoms with Gasteiger partial charge in [-0.3, -0.25) is 4.98 Å². The molecule has 0 bridgehead atoms. The zero-order valence-corrected chi connectivity index (χ0v) is 10.4. The normalized spacial score (nSPS) is 17.7. The molecule has 1 aliphatic rings. The first-order valence-electron chi connectivity index (χ1n) is 5.92. The molecule has 0 saturated heterocycles. The fourth-order valence-electron chi connectivity index (χ4n) is 1.82. The Morgan fingerprint density at radius 2 is 1.84 bits per heavy atom. The molecule has 1 aliphatic heterocycles. The lowest BCUT2D eigenvalue weighted by molar-refractivity contribution is 0.0985. The number of hydrogen-bond donors (Lipinski definition) is 0. The molecule has 19 heavy (non-hydrogen) atoms. The first kappa shape index (κ1) is 11.7. The first-order valence-corrected chi connectivity index (χ1v) is 5.92. The van der Waals surface area contributed by atoms with Gasteiger partial charge in [-0.05, 0) is 42.0 Å². The Morgan fingerprint density at radius 1 is 1.11 bits per heavy atom. The standard InChI is InChI=1S/C14H13N3O2/c1-18-13-4-2-12(3-5-13)17-16-10-14(19-17)11-6-8-15-9-7-11/h2-10,14H,1H3. The summed E-state index contributed by atoms with van der Waals surface area (Å²) in [4.78, 5) is 9.74. The lowest BCUT2D eigenvalue weighted by atomic mass is 10.2. The molecule has 0 fully saturated rings. The molecule has 0 aliphatic carbocycles. The minimum atomic E-state index is -0.176. The summed E-state index contributed by atoms with van der Waals surface area (Å²) in [5.41, 5.74) is 1.88. The zero-order chi connectivity index (χ0) is 13.1. The predicted molar refractivity (Wildman–Crippen MR) is 72.0 cm³/mol. The van der Waals surface area contributed by atoms with Gasteiger partial charge in [-0.2, -0.15) is 5.10 Å². The molecule has 0 amide bonds. The summed E-state index contributed by atoms with van der Waals surface area (Å²) in [6.07, 6.45) is 5.06. The number of nitrogens with zero attached hydrogens (tertiary/aromatic N) is 3. The van der Waals surface area contributed by atoms with Crippen LogP contribution >= 0.6 is 0 Å². The number of methoxy groups -OCH3 is 1. The van der Waals surface area contributed by atoms with E-state index in [1.54, 1.807) is 25.7 Å². The maximum atomic E-state index is 5.75. The van der Waals surface area contributed by atoms with Crippen molar-refractivity contribution in [2.75, 3.05) is 12.3 Å². The molecule has 0 radical (unpaired) electrons. The summed E-state index contributed by atoms with van der Waals surface area (Å²) in [7, 11) is 1.64. The largest absolute Gasteiger partial charge is 0.497 e. The molecule has 5 heteroatoms. The van der Waals surface area contributed by atoms with Gasteiger partial charge in [0, 0.05) is 12.4 Å². The second-order valence-electron chi connectivity index (χ2n) is 4.04. The van der Waals surface area contributed by atoms with Gasteiger partial charge >= 0.3 is 0 Å². The van der Waals surface area contributed by atoms with E-state index in [2.05, 4.69) is 10.1 Å². The van der Waals surface area contributed by atoms with Crippen LogP contribution in [0.25, 0.3) is 0 Å². The molecule has 3 rings (SSSR count). The van der Waals surface area contributed by atoms with Crippen LogP contribution in [0.1, 0.15) is 11.7 Å². The Bertz CT molecular complexity index is 569. The van der Waals surface area contributed by atoms with Crippen LogP contribution in [0, 0.1) is 0 Å². The highest BCUT2D eigenvalue weighted by Gasteiger charge is 2.21. The number of aromatic nitrogens is 1. The molecule has 5 nitrogen and oxygen atoms in total. The maximum Gasteiger partial charge on any atom is 0.150 e. The molecule has 1 aromatic heterocycles. The van der Waals surface area contributed by atoms with E-state index in [1.807, 2.05) is 36.4 Å². The van der Waals surface area contributed by atoms with E-state index >= 15 is 0 Å². The van der Waals surface area contributed by atoms with Crippen molar-refractivity contribution in [3.05, 3.63) is 54.4 Å². The Hall–Kier alpha value is -2.40. The molecule has 2 aromatic rings. The summed E-state index contributed by atoms with van der Waals surface area (Å²) in [5.74, 6) is 0.803. The minimum Gasteiger partial charge on any atom is -0.497 e. The monoisotopic (exact) mass is 255 g/mol. The Labute approximate surface area is 111 Å². The molecule has 0 N–H and O–H groups in total. The number of hydrazone groups is 1. The van der Waals surface area contributed by atoms with Crippen LogP contribution in [-0.2, 0) is 4.84 Å². The van der Waals surface area contributed by atoms with Gasteiger partial charge in [0.25, 0.3) is 0 Å². The molecule has 0 spiro atoms. The van der Waals surface area contributed by atoms with Gasteiger partial charge in [-0.25, -0.2) is 4.84 Å². The average Bonchev–Trinajstić information content (AvgIpc) is 2.98. The Kier molecular flexibility index (Phi) is 3.12. The van der Waals surface area contributed by atoms with Crippen molar-refractivity contribution in [1.82, 2.24) is 4.98 Å². The molecular formula is C14H13N3O2. The van der Waals surface area contributed by atoms with Crippen molar-refractivity contribution in [3.63, 3.8) is 0 Å². The third kappa shape index (κ3) is 2.41. The van der Waals surface area contributed by atoms with E-state index in [9.17, 15) is 0 Å². The Morgan fingerprint density at radius 3 is 2.53 bits per heavy atom. The highest BCUT2D eigenvalue weighted by atomic mass is 16.7. The number of anilines is 1. The topological polar surface area (TPSA) is 47.0 Å². The fourth-order valence-corrected chi connectivity index (χ4v) is 1.82. The van der Waals surface area contributed by atoms with E-state index < -0.39 is 0 Å². The van der Waals surface area contributed by atoms with Gasteiger partial charge in [-0.1, -0.05) is 0 Å². The first-order chi connectivity index (χ1) is 9.36. The van der Waals surface area contributed by atoms with Crippen LogP contribution in [-0.4, -0.2) is 18.3 Å². The molecule has 96 valence electrons. The summed E-state index contributed by atoms with van der Waals surface area (Å²) < 4.78 is 5.12. The van der Waals surface area contributed by atoms with Crippen molar-refractivity contribution >= 4 is 11.9 Å². The van der Waals surface area contributed by atoms with Crippen molar-refractivity contribution < 1.29 is 9.57 Å². The van der Waals surface area contributed by atoms with Crippen molar-refractivity contribution in [1.29, 1.82) is 0 Å². The van der Waals surface area contributed by atoms with E-state index in [1.165, 1.54) is 5.17 Å². The average molecular weight is 255 g/mol. The smallest absolute Gasteiger partial charge is 0.150 e. The second-order valence-corrected chi connectivity index (χ2v) is 4.04. The van der Waals surface area contributed by atoms with Gasteiger partial charge in [0.15, 0.2) is 0 Å². The van der Waals surface area contributed by atoms with Crippen LogP contribution in [0.2, 0.25) is 0 Å². The molecule has 1 unspecified atom stereocenters. The highest BCUT2D eigenvalue weighted by molar-refractivity contribution is 5.69. The van der Waals surface area contributed by atoms with E-state index in [-0.39, 0.29) is 6.10 Å². The summed E-state index contributed by atoms with van der Waals surface area (Å²) >= 11 is 0. The second kappa shape index (κ2) is 5.07. The predicted octanol–water partition coefficient (Wildman–Crippen LogP) is 2.57. The van der Waals surface area contributed by atoms with Gasteiger partial charge in [0.1, 0.15) is 11.9 Å². The van der Waals surface area contributed by atoms with Crippen molar-refractivity contribution in [3.8, 4) is 5.75 Å². The van der Waals surface area contributed by atoms with Gasteiger partial charge in [0.05, 0.1) is 19.0 Å². The van der Waals surface area contributed by atoms with Crippen molar-refractivity contribution in [2.45, 2.75) is 6.10 Å². The SMILES string of the molecule is COc1ccc(N2N=CC(c3ccncc3)O2)cc1. The van der Waals surface area contributed by atoms with Crippen LogP contribution < -0.4 is 9.91 Å². The number of pyridine rings is 1. The highest BCUT2D eigenvalue weighted by Crippen LogP contribution is 2.27. The molecule has 0 saturated carbocycles. The number of benzene rings is 1. The van der Waals surface area contributed by atoms with Crippen LogP contribution in [0.15, 0.2) is 53.9 Å². The molecular weight excluding hydrogens is 242 g/mol. The third-order valence-corrected chi connectivity index (χ3v) is 2.85. The molecule has 2 heterocycles. The van der Waals surface area contributed by atoms with E-state index in [4.69, 9.17) is 9.57 Å². The number of hydrogen-bond acceptors (Lipinski definition) is 5. The lowest BCUT2D eigenvalue weighted by Crippen LogP contribution is -2.13. The minimum absolute atomic E-state index is 0.176. The number of ether oxygens (including phenoxy) is 1. The maximum absolute atomic E-state index is 5.75. The number of rotatable bonds is 3. The summed E-state index contributed by atoms with van der Waals surface area (Å²) in [6.45, 7) is 0. The van der Waals surface area contributed by atoms with Gasteiger partial charge in [-0.15, -0.1) is 5.17 Å². The summed E-state index contributed by atoms with van der Waals surface area (Å²) in [5, 5.41) is 5.75. The summed E-state index contributed by atoms with van der Waals surface area (Å²) in [6, 6.07) is 11.3. The van der Waals surface area contributed by atoms with Crippen molar-refractivity contribution in [2.24, 2.45) is 5.10 Å². The lowest BCUT2D eigenvalue weighted by Gasteiger charge is -2.15. The fraction of sp³-hybridized carbons (Fsp3) is 0.143. The van der Waals surface area contributed by atoms with Crippen LogP contribution in [0.4, 0.5) is 5.69 Å². The van der Waals surface area contributed by atoms with E-state index in [0.29, 0.717) is 0 Å². The molecule has 1 aromatic carbocycles. The third-order valence-electron chi connectivity index (χ3n) is 2.85. The quantitative estimate of drug-likeness (QED) is 0.845. The van der Waals surface area contributed by atoms with Crippen LogP contribution in [0.3, 0.4) is 0 Å². The van der Waals surface area contributed by atoms with Gasteiger partial charge in [0.2, 0.25) is 0 Å². The van der Waals surface area contributed by atoms with E-state index in [0.717, 1.165) is 17.0 Å². The van der Waals surface area contributed by atoms with Crippen LogP contribution in [0.5, 0.6) is 5.75 Å². The van der Waals surface area contributed by atoms with Gasteiger partial charge < -0.3 is 4.74 Å².